The molecule has 1 fully saturated rings. The minimum atomic E-state index is 0.415. The Morgan fingerprint density at radius 2 is 2.05 bits per heavy atom. The van der Waals surface area contributed by atoms with Crippen molar-refractivity contribution in [3.63, 3.8) is 0 Å². The number of aromatic nitrogens is 2. The molecular formula is C18H25N3. The van der Waals surface area contributed by atoms with E-state index in [1.54, 1.807) is 0 Å². The molecule has 1 unspecified atom stereocenters. The highest BCUT2D eigenvalue weighted by Gasteiger charge is 2.25. The minimum Gasteiger partial charge on any atom is -0.309 e. The monoisotopic (exact) mass is 283 g/mol. The summed E-state index contributed by atoms with van der Waals surface area (Å²) in [6.07, 6.45) is 8.51. The van der Waals surface area contributed by atoms with Gasteiger partial charge in [0.15, 0.2) is 0 Å². The summed E-state index contributed by atoms with van der Waals surface area (Å²) in [4.78, 5) is 0. The van der Waals surface area contributed by atoms with Crippen LogP contribution in [0.1, 0.15) is 50.8 Å². The molecular weight excluding hydrogens is 258 g/mol. The SMILES string of the molecule is CCCNC(CC1CCC1)c1ccnn1-c1ccccc1. The first-order valence-corrected chi connectivity index (χ1v) is 8.21. The van der Waals surface area contributed by atoms with Crippen LogP contribution in [0.15, 0.2) is 42.6 Å². The molecule has 3 nitrogen and oxygen atoms in total. The topological polar surface area (TPSA) is 29.9 Å². The Labute approximate surface area is 127 Å². The molecule has 112 valence electrons. The smallest absolute Gasteiger partial charge is 0.0649 e. The van der Waals surface area contributed by atoms with Crippen molar-refractivity contribution in [2.45, 2.75) is 45.1 Å². The molecule has 0 saturated heterocycles. The number of para-hydroxylation sites is 1. The minimum absolute atomic E-state index is 0.415. The first-order chi connectivity index (χ1) is 10.4. The third-order valence-corrected chi connectivity index (χ3v) is 4.46. The third kappa shape index (κ3) is 3.35. The van der Waals surface area contributed by atoms with Crippen LogP contribution in [0, 0.1) is 5.92 Å². The lowest BCUT2D eigenvalue weighted by Crippen LogP contribution is -2.28. The van der Waals surface area contributed by atoms with E-state index in [0.717, 1.165) is 18.2 Å². The Hall–Kier alpha value is -1.61. The van der Waals surface area contributed by atoms with Crippen LogP contribution >= 0.6 is 0 Å². The van der Waals surface area contributed by atoms with Gasteiger partial charge in [0.05, 0.1) is 11.4 Å². The maximum atomic E-state index is 4.54. The molecule has 0 amide bonds. The van der Waals surface area contributed by atoms with Crippen LogP contribution in [0.5, 0.6) is 0 Å². The van der Waals surface area contributed by atoms with E-state index in [1.807, 2.05) is 12.3 Å². The Morgan fingerprint density at radius 1 is 1.24 bits per heavy atom. The van der Waals surface area contributed by atoms with Crippen LogP contribution in [0.4, 0.5) is 0 Å². The molecule has 1 N–H and O–H groups in total. The average molecular weight is 283 g/mol. The summed E-state index contributed by atoms with van der Waals surface area (Å²) in [6.45, 7) is 3.29. The normalized spacial score (nSPS) is 16.6. The number of rotatable bonds is 7. The van der Waals surface area contributed by atoms with E-state index in [-0.39, 0.29) is 0 Å². The van der Waals surface area contributed by atoms with Gasteiger partial charge in [0.2, 0.25) is 0 Å². The van der Waals surface area contributed by atoms with Crippen LogP contribution in [-0.4, -0.2) is 16.3 Å². The summed E-state index contributed by atoms with van der Waals surface area (Å²) in [7, 11) is 0. The molecule has 21 heavy (non-hydrogen) atoms. The van der Waals surface area contributed by atoms with E-state index in [4.69, 9.17) is 0 Å². The van der Waals surface area contributed by atoms with Gasteiger partial charge in [0.25, 0.3) is 0 Å². The largest absolute Gasteiger partial charge is 0.309 e. The van der Waals surface area contributed by atoms with Gasteiger partial charge >= 0.3 is 0 Å². The van der Waals surface area contributed by atoms with E-state index in [2.05, 4.69) is 52.4 Å². The molecule has 1 heterocycles. The lowest BCUT2D eigenvalue weighted by Gasteiger charge is -2.30. The maximum absolute atomic E-state index is 4.54. The molecule has 1 aromatic heterocycles. The molecule has 0 aliphatic heterocycles. The van der Waals surface area contributed by atoms with E-state index >= 15 is 0 Å². The van der Waals surface area contributed by atoms with Gasteiger partial charge in [-0.05, 0) is 43.5 Å². The second kappa shape index (κ2) is 6.90. The zero-order valence-corrected chi connectivity index (χ0v) is 12.8. The molecule has 1 aliphatic carbocycles. The Bertz CT molecular complexity index is 543. The standard InChI is InChI=1S/C18H25N3/c1-2-12-19-17(14-15-7-6-8-15)18-11-13-20-21(18)16-9-4-3-5-10-16/h3-5,9-11,13,15,17,19H,2,6-8,12,14H2,1H3. The van der Waals surface area contributed by atoms with E-state index in [0.29, 0.717) is 6.04 Å². The molecule has 1 saturated carbocycles. The highest BCUT2D eigenvalue weighted by molar-refractivity contribution is 5.33. The van der Waals surface area contributed by atoms with Crippen LogP contribution in [0.3, 0.4) is 0 Å². The lowest BCUT2D eigenvalue weighted by atomic mass is 9.80. The summed E-state index contributed by atoms with van der Waals surface area (Å²) in [5.74, 6) is 0.887. The molecule has 1 aromatic carbocycles. The molecule has 3 heteroatoms. The molecule has 0 bridgehead atoms. The molecule has 2 aromatic rings. The van der Waals surface area contributed by atoms with Gasteiger partial charge in [-0.1, -0.05) is 44.4 Å². The summed E-state index contributed by atoms with van der Waals surface area (Å²) < 4.78 is 2.09. The molecule has 1 aliphatic rings. The predicted octanol–water partition coefficient (Wildman–Crippen LogP) is 4.10. The van der Waals surface area contributed by atoms with Crippen molar-refractivity contribution < 1.29 is 0 Å². The van der Waals surface area contributed by atoms with Crippen LogP contribution in [-0.2, 0) is 0 Å². The Morgan fingerprint density at radius 3 is 2.71 bits per heavy atom. The highest BCUT2D eigenvalue weighted by atomic mass is 15.3. The first kappa shape index (κ1) is 14.3. The number of benzene rings is 1. The average Bonchev–Trinajstić information content (AvgIpc) is 2.96. The number of hydrogen-bond donors (Lipinski definition) is 1. The van der Waals surface area contributed by atoms with Crippen molar-refractivity contribution in [3.05, 3.63) is 48.3 Å². The highest BCUT2D eigenvalue weighted by Crippen LogP contribution is 2.35. The summed E-state index contributed by atoms with van der Waals surface area (Å²) in [5.41, 5.74) is 2.44. The summed E-state index contributed by atoms with van der Waals surface area (Å²) >= 11 is 0. The number of nitrogens with zero attached hydrogens (tertiary/aromatic N) is 2. The molecule has 0 radical (unpaired) electrons. The predicted molar refractivity (Wildman–Crippen MR) is 86.6 cm³/mol. The fraction of sp³-hybridized carbons (Fsp3) is 0.500. The Balaban J connectivity index is 1.82. The van der Waals surface area contributed by atoms with Gasteiger partial charge in [0.1, 0.15) is 0 Å². The van der Waals surface area contributed by atoms with Gasteiger partial charge in [-0.2, -0.15) is 5.10 Å². The summed E-state index contributed by atoms with van der Waals surface area (Å²) in [5, 5.41) is 8.26. The molecule has 1 atom stereocenters. The zero-order valence-electron chi connectivity index (χ0n) is 12.8. The molecule has 3 rings (SSSR count). The lowest BCUT2D eigenvalue weighted by molar-refractivity contribution is 0.258. The zero-order chi connectivity index (χ0) is 14.5. The maximum Gasteiger partial charge on any atom is 0.0649 e. The van der Waals surface area contributed by atoms with E-state index < -0.39 is 0 Å². The van der Waals surface area contributed by atoms with E-state index in [1.165, 1.54) is 37.8 Å². The van der Waals surface area contributed by atoms with Crippen molar-refractivity contribution in [2.24, 2.45) is 5.92 Å². The Kier molecular flexibility index (Phi) is 4.71. The van der Waals surface area contributed by atoms with Crippen molar-refractivity contribution >= 4 is 0 Å². The third-order valence-electron chi connectivity index (χ3n) is 4.46. The quantitative estimate of drug-likeness (QED) is 0.829. The van der Waals surface area contributed by atoms with Crippen LogP contribution in [0.25, 0.3) is 5.69 Å². The van der Waals surface area contributed by atoms with Gasteiger partial charge in [-0.3, -0.25) is 0 Å². The fourth-order valence-electron chi connectivity index (χ4n) is 3.05. The fourth-order valence-corrected chi connectivity index (χ4v) is 3.05. The van der Waals surface area contributed by atoms with Crippen LogP contribution in [0.2, 0.25) is 0 Å². The van der Waals surface area contributed by atoms with Crippen molar-refractivity contribution in [3.8, 4) is 5.69 Å². The number of nitrogens with one attached hydrogen (secondary N) is 1. The van der Waals surface area contributed by atoms with Crippen molar-refractivity contribution in [2.75, 3.05) is 6.54 Å². The first-order valence-electron chi connectivity index (χ1n) is 8.21. The van der Waals surface area contributed by atoms with Gasteiger partial charge < -0.3 is 5.32 Å². The van der Waals surface area contributed by atoms with Crippen LogP contribution < -0.4 is 5.32 Å². The van der Waals surface area contributed by atoms with Gasteiger partial charge in [-0.15, -0.1) is 0 Å². The summed E-state index contributed by atoms with van der Waals surface area (Å²) in [6, 6.07) is 13.0. The second-order valence-electron chi connectivity index (χ2n) is 6.04. The van der Waals surface area contributed by atoms with Crippen molar-refractivity contribution in [1.29, 1.82) is 0 Å². The second-order valence-corrected chi connectivity index (χ2v) is 6.04. The van der Waals surface area contributed by atoms with Gasteiger partial charge in [-0.25, -0.2) is 4.68 Å². The number of hydrogen-bond acceptors (Lipinski definition) is 2. The van der Waals surface area contributed by atoms with Gasteiger partial charge in [0, 0.05) is 12.2 Å². The van der Waals surface area contributed by atoms with Crippen molar-refractivity contribution in [1.82, 2.24) is 15.1 Å². The van der Waals surface area contributed by atoms with E-state index in [9.17, 15) is 0 Å². The molecule has 0 spiro atoms.